The Morgan fingerprint density at radius 1 is 1.57 bits per heavy atom. The van der Waals surface area contributed by atoms with E-state index in [4.69, 9.17) is 10.5 Å². The quantitative estimate of drug-likeness (QED) is 0.399. The van der Waals surface area contributed by atoms with Crippen LogP contribution < -0.4 is 16.7 Å². The Balaban J connectivity index is 2.32. The minimum Gasteiger partial charge on any atom is -0.393 e. The number of rotatable bonds is 5. The van der Waals surface area contributed by atoms with Gasteiger partial charge in [0.25, 0.3) is 0 Å². The number of nitrogens with two attached hydrogens (primary N) is 1. The van der Waals surface area contributed by atoms with Crippen molar-refractivity contribution in [3.8, 4) is 0 Å². The molecule has 0 amide bonds. The molecule has 1 fully saturated rings. The molecule has 6 N–H and O–H groups in total. The summed E-state index contributed by atoms with van der Waals surface area (Å²) in [5.74, 6) is 0.0466. The van der Waals surface area contributed by atoms with Gasteiger partial charge in [-0.2, -0.15) is 4.98 Å². The summed E-state index contributed by atoms with van der Waals surface area (Å²) in [6.45, 7) is 2.08. The highest BCUT2D eigenvalue weighted by molar-refractivity contribution is 5.23. The second-order valence-electron chi connectivity index (χ2n) is 4.99. The molecule has 2 heterocycles. The van der Waals surface area contributed by atoms with Gasteiger partial charge in [0.1, 0.15) is 23.6 Å². The predicted octanol–water partition coefficient (Wildman–Crippen LogP) is -2.58. The monoisotopic (exact) mass is 300 g/mol. The highest BCUT2D eigenvalue weighted by Gasteiger charge is 2.54. The highest BCUT2D eigenvalue weighted by Crippen LogP contribution is 2.36. The molecule has 118 valence electrons. The molecule has 9 nitrogen and oxygen atoms in total. The van der Waals surface area contributed by atoms with Crippen molar-refractivity contribution < 1.29 is 20.1 Å². The average Bonchev–Trinajstić information content (AvgIpc) is 2.71. The SMILES string of the molecule is CCNC[C@]1(CO)O[C@@H](n2ccc(N)nc2=O)[C@H](O)[C@@H]1O. The summed E-state index contributed by atoms with van der Waals surface area (Å²) in [7, 11) is 0. The van der Waals surface area contributed by atoms with E-state index in [1.165, 1.54) is 12.3 Å². The first-order valence-corrected chi connectivity index (χ1v) is 6.65. The molecule has 0 bridgehead atoms. The Bertz CT molecular complexity index is 551. The van der Waals surface area contributed by atoms with E-state index in [2.05, 4.69) is 10.3 Å². The molecule has 0 aromatic carbocycles. The zero-order valence-electron chi connectivity index (χ0n) is 11.6. The Hall–Kier alpha value is -1.52. The maximum Gasteiger partial charge on any atom is 0.351 e. The molecule has 0 spiro atoms. The number of aliphatic hydroxyl groups excluding tert-OH is 3. The number of likely N-dealkylation sites (N-methyl/N-ethyl adjacent to an activating group) is 1. The topological polar surface area (TPSA) is 143 Å². The van der Waals surface area contributed by atoms with Crippen LogP contribution in [0.15, 0.2) is 17.1 Å². The fraction of sp³-hybridized carbons (Fsp3) is 0.667. The Morgan fingerprint density at radius 2 is 2.29 bits per heavy atom. The molecule has 1 aliphatic rings. The van der Waals surface area contributed by atoms with Gasteiger partial charge >= 0.3 is 5.69 Å². The molecule has 0 unspecified atom stereocenters. The van der Waals surface area contributed by atoms with E-state index >= 15 is 0 Å². The van der Waals surface area contributed by atoms with Crippen molar-refractivity contribution in [1.29, 1.82) is 0 Å². The molecular formula is C12H20N4O5. The summed E-state index contributed by atoms with van der Waals surface area (Å²) in [6.07, 6.45) is -2.55. The van der Waals surface area contributed by atoms with Gasteiger partial charge in [0.05, 0.1) is 6.61 Å². The number of nitrogens with one attached hydrogen (secondary N) is 1. The summed E-state index contributed by atoms with van der Waals surface area (Å²) in [5.41, 5.74) is 3.31. The van der Waals surface area contributed by atoms with E-state index in [0.717, 1.165) is 4.57 Å². The Kier molecular flexibility index (Phi) is 4.59. The largest absolute Gasteiger partial charge is 0.393 e. The first kappa shape index (κ1) is 15.9. The molecule has 2 rings (SSSR count). The average molecular weight is 300 g/mol. The molecule has 1 saturated heterocycles. The highest BCUT2D eigenvalue weighted by atomic mass is 16.6. The van der Waals surface area contributed by atoms with Crippen LogP contribution >= 0.6 is 0 Å². The van der Waals surface area contributed by atoms with Crippen molar-refractivity contribution in [2.75, 3.05) is 25.4 Å². The predicted molar refractivity (Wildman–Crippen MR) is 73.4 cm³/mol. The van der Waals surface area contributed by atoms with E-state index in [1.54, 1.807) is 0 Å². The van der Waals surface area contributed by atoms with Gasteiger partial charge in [0.15, 0.2) is 6.23 Å². The van der Waals surface area contributed by atoms with E-state index in [0.29, 0.717) is 6.54 Å². The van der Waals surface area contributed by atoms with Gasteiger partial charge in [-0.1, -0.05) is 6.92 Å². The van der Waals surface area contributed by atoms with Crippen LogP contribution in [0.1, 0.15) is 13.2 Å². The van der Waals surface area contributed by atoms with Crippen molar-refractivity contribution in [2.45, 2.75) is 31.0 Å². The summed E-state index contributed by atoms with van der Waals surface area (Å²) in [4.78, 5) is 15.4. The number of nitrogen functional groups attached to an aromatic ring is 1. The van der Waals surface area contributed by atoms with E-state index in [9.17, 15) is 20.1 Å². The van der Waals surface area contributed by atoms with Crippen LogP contribution in [-0.2, 0) is 4.74 Å². The second kappa shape index (κ2) is 6.08. The van der Waals surface area contributed by atoms with Crippen LogP contribution in [0, 0.1) is 0 Å². The van der Waals surface area contributed by atoms with Crippen LogP contribution in [0.4, 0.5) is 5.82 Å². The van der Waals surface area contributed by atoms with Gasteiger partial charge < -0.3 is 31.1 Å². The first-order valence-electron chi connectivity index (χ1n) is 6.65. The summed E-state index contributed by atoms with van der Waals surface area (Å²) >= 11 is 0. The van der Waals surface area contributed by atoms with Crippen LogP contribution in [-0.4, -0.2) is 62.4 Å². The Labute approximate surface area is 121 Å². The maximum atomic E-state index is 11.8. The summed E-state index contributed by atoms with van der Waals surface area (Å²) in [5, 5.41) is 32.8. The molecule has 1 aromatic heterocycles. The van der Waals surface area contributed by atoms with Gasteiger partial charge in [-0.15, -0.1) is 0 Å². The standard InChI is InChI=1S/C12H20N4O5/c1-2-14-5-12(6-17)9(19)8(18)10(21-12)16-4-3-7(13)15-11(16)20/h3-4,8-10,14,17-19H,2,5-6H2,1H3,(H2,13,15,20)/t8-,9+,10-,12-/m1/s1. The first-order chi connectivity index (χ1) is 9.95. The lowest BCUT2D eigenvalue weighted by Crippen LogP contribution is -2.53. The minimum absolute atomic E-state index is 0.0466. The molecule has 21 heavy (non-hydrogen) atoms. The number of ether oxygens (including phenoxy) is 1. The summed E-state index contributed by atoms with van der Waals surface area (Å²) in [6, 6.07) is 1.38. The minimum atomic E-state index is -1.39. The van der Waals surface area contributed by atoms with Crippen molar-refractivity contribution in [3.63, 3.8) is 0 Å². The molecule has 1 aromatic rings. The lowest BCUT2D eigenvalue weighted by molar-refractivity contribution is -0.126. The number of anilines is 1. The third-order valence-corrected chi connectivity index (χ3v) is 3.58. The van der Waals surface area contributed by atoms with Crippen molar-refractivity contribution in [3.05, 3.63) is 22.7 Å². The summed E-state index contributed by atoms with van der Waals surface area (Å²) < 4.78 is 6.64. The van der Waals surface area contributed by atoms with Gasteiger partial charge in [0, 0.05) is 12.7 Å². The zero-order chi connectivity index (χ0) is 15.6. The van der Waals surface area contributed by atoms with Gasteiger partial charge in [0.2, 0.25) is 0 Å². The van der Waals surface area contributed by atoms with Crippen LogP contribution in [0.5, 0.6) is 0 Å². The third kappa shape index (κ3) is 2.78. The van der Waals surface area contributed by atoms with Gasteiger partial charge in [-0.25, -0.2) is 4.79 Å². The van der Waals surface area contributed by atoms with E-state index in [1.807, 2.05) is 6.92 Å². The number of hydrogen-bond acceptors (Lipinski definition) is 8. The number of nitrogens with zero attached hydrogens (tertiary/aromatic N) is 2. The molecular weight excluding hydrogens is 280 g/mol. The molecule has 0 radical (unpaired) electrons. The van der Waals surface area contributed by atoms with Crippen molar-refractivity contribution in [2.24, 2.45) is 0 Å². The van der Waals surface area contributed by atoms with Crippen molar-refractivity contribution in [1.82, 2.24) is 14.9 Å². The molecule has 4 atom stereocenters. The molecule has 9 heteroatoms. The van der Waals surface area contributed by atoms with Gasteiger partial charge in [-0.05, 0) is 12.6 Å². The third-order valence-electron chi connectivity index (χ3n) is 3.58. The Morgan fingerprint density at radius 3 is 2.86 bits per heavy atom. The number of aliphatic hydroxyl groups is 3. The molecule has 1 aliphatic heterocycles. The lowest BCUT2D eigenvalue weighted by Gasteiger charge is -2.30. The normalized spacial score (nSPS) is 32.5. The maximum absolute atomic E-state index is 11.8. The van der Waals surface area contributed by atoms with Crippen LogP contribution in [0.25, 0.3) is 0 Å². The second-order valence-corrected chi connectivity index (χ2v) is 4.99. The van der Waals surface area contributed by atoms with Crippen LogP contribution in [0.3, 0.4) is 0 Å². The van der Waals surface area contributed by atoms with E-state index in [-0.39, 0.29) is 12.4 Å². The lowest BCUT2D eigenvalue weighted by atomic mass is 9.96. The number of hydrogen-bond donors (Lipinski definition) is 5. The molecule has 0 aliphatic carbocycles. The van der Waals surface area contributed by atoms with Crippen molar-refractivity contribution >= 4 is 5.82 Å². The van der Waals surface area contributed by atoms with Crippen LogP contribution in [0.2, 0.25) is 0 Å². The fourth-order valence-corrected chi connectivity index (χ4v) is 2.36. The molecule has 0 saturated carbocycles. The van der Waals surface area contributed by atoms with E-state index < -0.39 is 36.3 Å². The fourth-order valence-electron chi connectivity index (χ4n) is 2.36. The zero-order valence-corrected chi connectivity index (χ0v) is 11.6. The van der Waals surface area contributed by atoms with Gasteiger partial charge in [-0.3, -0.25) is 4.57 Å². The smallest absolute Gasteiger partial charge is 0.351 e. The number of aromatic nitrogens is 2.